The van der Waals surface area contributed by atoms with E-state index in [9.17, 15) is 0 Å². The lowest BCUT2D eigenvalue weighted by Crippen LogP contribution is -1.95. The van der Waals surface area contributed by atoms with Gasteiger partial charge in [-0.3, -0.25) is 0 Å². The molecule has 1 aromatic heterocycles. The predicted molar refractivity (Wildman–Crippen MR) is 72.9 cm³/mol. The fraction of sp³-hybridized carbons (Fsp3) is 0.214. The molecule has 88 valence electrons. The van der Waals surface area contributed by atoms with Crippen LogP contribution in [-0.2, 0) is 5.33 Å². The summed E-state index contributed by atoms with van der Waals surface area (Å²) in [5.74, 6) is 1.53. The minimum absolute atomic E-state index is 0.665. The second-order valence-corrected chi connectivity index (χ2v) is 4.46. The van der Waals surface area contributed by atoms with Gasteiger partial charge in [-0.1, -0.05) is 34.1 Å². The lowest BCUT2D eigenvalue weighted by molar-refractivity contribution is 0.455. The van der Waals surface area contributed by atoms with Crippen molar-refractivity contribution < 1.29 is 4.74 Å². The van der Waals surface area contributed by atoms with E-state index in [4.69, 9.17) is 4.74 Å². The van der Waals surface area contributed by atoms with Crippen LogP contribution in [0.1, 0.15) is 16.7 Å². The predicted octanol–water partition coefficient (Wildman–Crippen LogP) is 4.39. The number of pyridine rings is 1. The van der Waals surface area contributed by atoms with Crippen molar-refractivity contribution in [3.8, 4) is 11.6 Å². The first kappa shape index (κ1) is 12.1. The first-order chi connectivity index (χ1) is 8.22. The molecule has 1 heterocycles. The highest BCUT2D eigenvalue weighted by atomic mass is 79.9. The number of ether oxygens (including phenoxy) is 1. The monoisotopic (exact) mass is 291 g/mol. The molecular formula is C14H14BrNO. The highest BCUT2D eigenvalue weighted by Crippen LogP contribution is 2.28. The second-order valence-electron chi connectivity index (χ2n) is 3.90. The van der Waals surface area contributed by atoms with Crippen molar-refractivity contribution >= 4 is 15.9 Å². The van der Waals surface area contributed by atoms with Crippen LogP contribution in [0, 0.1) is 13.8 Å². The molecule has 0 aliphatic rings. The molecular weight excluding hydrogens is 278 g/mol. The number of aromatic nitrogens is 1. The summed E-state index contributed by atoms with van der Waals surface area (Å²) in [7, 11) is 0. The van der Waals surface area contributed by atoms with Gasteiger partial charge in [0.1, 0.15) is 5.75 Å². The smallest absolute Gasteiger partial charge is 0.223 e. The van der Waals surface area contributed by atoms with Crippen LogP contribution in [0.2, 0.25) is 0 Å². The molecule has 2 nitrogen and oxygen atoms in total. The number of hydrogen-bond acceptors (Lipinski definition) is 2. The third-order valence-electron chi connectivity index (χ3n) is 2.76. The molecule has 1 aromatic carbocycles. The van der Waals surface area contributed by atoms with E-state index in [-0.39, 0.29) is 0 Å². The molecule has 17 heavy (non-hydrogen) atoms. The molecule has 3 heteroatoms. The van der Waals surface area contributed by atoms with Crippen molar-refractivity contribution in [3.63, 3.8) is 0 Å². The summed E-state index contributed by atoms with van der Waals surface area (Å²) in [5.41, 5.74) is 3.42. The van der Waals surface area contributed by atoms with Crippen LogP contribution in [0.3, 0.4) is 0 Å². The minimum Gasteiger partial charge on any atom is -0.438 e. The molecule has 0 bridgehead atoms. The molecule has 0 aliphatic heterocycles. The fourth-order valence-corrected chi connectivity index (χ4v) is 1.98. The maximum absolute atomic E-state index is 5.87. The summed E-state index contributed by atoms with van der Waals surface area (Å²) in [6.45, 7) is 4.13. The highest BCUT2D eigenvalue weighted by molar-refractivity contribution is 9.08. The summed E-state index contributed by atoms with van der Waals surface area (Å²) in [6, 6.07) is 9.95. The van der Waals surface area contributed by atoms with Gasteiger partial charge >= 0.3 is 0 Å². The fourth-order valence-electron chi connectivity index (χ4n) is 1.56. The number of nitrogens with zero attached hydrogens (tertiary/aromatic N) is 1. The van der Waals surface area contributed by atoms with Crippen LogP contribution in [0.25, 0.3) is 0 Å². The van der Waals surface area contributed by atoms with Crippen molar-refractivity contribution in [3.05, 3.63) is 53.2 Å². The number of benzene rings is 1. The number of hydrogen-bond donors (Lipinski definition) is 0. The SMILES string of the molecule is Cc1cccc(Oc2ncccc2CBr)c1C. The average molecular weight is 292 g/mol. The van der Waals surface area contributed by atoms with E-state index < -0.39 is 0 Å². The molecule has 0 amide bonds. The lowest BCUT2D eigenvalue weighted by Gasteiger charge is -2.11. The molecule has 0 saturated heterocycles. The molecule has 0 atom stereocenters. The Morgan fingerprint density at radius 3 is 2.76 bits per heavy atom. The van der Waals surface area contributed by atoms with Gasteiger partial charge in [0.15, 0.2) is 0 Å². The molecule has 0 fully saturated rings. The Morgan fingerprint density at radius 1 is 1.18 bits per heavy atom. The van der Waals surface area contributed by atoms with E-state index in [1.807, 2.05) is 24.3 Å². The Balaban J connectivity index is 2.35. The first-order valence-corrected chi connectivity index (χ1v) is 6.58. The zero-order valence-electron chi connectivity index (χ0n) is 9.90. The zero-order valence-corrected chi connectivity index (χ0v) is 11.5. The number of rotatable bonds is 3. The summed E-state index contributed by atoms with van der Waals surface area (Å²) in [4.78, 5) is 4.26. The number of halogens is 1. The lowest BCUT2D eigenvalue weighted by atomic mass is 10.1. The van der Waals surface area contributed by atoms with Crippen LogP contribution in [0.4, 0.5) is 0 Å². The van der Waals surface area contributed by atoms with Gasteiger partial charge in [0, 0.05) is 17.1 Å². The van der Waals surface area contributed by atoms with E-state index in [2.05, 4.69) is 40.8 Å². The quantitative estimate of drug-likeness (QED) is 0.783. The molecule has 2 aromatic rings. The van der Waals surface area contributed by atoms with Gasteiger partial charge in [-0.15, -0.1) is 0 Å². The molecule has 0 aliphatic carbocycles. The van der Waals surface area contributed by atoms with E-state index in [0.717, 1.165) is 22.2 Å². The molecule has 0 radical (unpaired) electrons. The topological polar surface area (TPSA) is 22.1 Å². The van der Waals surface area contributed by atoms with E-state index in [1.165, 1.54) is 5.56 Å². The third kappa shape index (κ3) is 2.67. The van der Waals surface area contributed by atoms with Gasteiger partial charge in [0.25, 0.3) is 0 Å². The average Bonchev–Trinajstić information content (AvgIpc) is 2.35. The van der Waals surface area contributed by atoms with E-state index in [1.54, 1.807) is 6.20 Å². The molecule has 2 rings (SSSR count). The second kappa shape index (κ2) is 5.32. The van der Waals surface area contributed by atoms with Crippen LogP contribution < -0.4 is 4.74 Å². The molecule has 0 N–H and O–H groups in total. The number of alkyl halides is 1. The van der Waals surface area contributed by atoms with Crippen LogP contribution >= 0.6 is 15.9 Å². The van der Waals surface area contributed by atoms with Crippen molar-refractivity contribution in [2.45, 2.75) is 19.2 Å². The van der Waals surface area contributed by atoms with Gasteiger partial charge in [0.2, 0.25) is 5.88 Å². The van der Waals surface area contributed by atoms with Gasteiger partial charge in [0.05, 0.1) is 0 Å². The molecule has 0 saturated carbocycles. The van der Waals surface area contributed by atoms with Crippen LogP contribution in [0.15, 0.2) is 36.5 Å². The zero-order chi connectivity index (χ0) is 12.3. The van der Waals surface area contributed by atoms with E-state index >= 15 is 0 Å². The first-order valence-electron chi connectivity index (χ1n) is 5.46. The normalized spacial score (nSPS) is 10.3. The van der Waals surface area contributed by atoms with Gasteiger partial charge in [-0.25, -0.2) is 4.98 Å². The van der Waals surface area contributed by atoms with Crippen LogP contribution in [0.5, 0.6) is 11.6 Å². The van der Waals surface area contributed by atoms with Gasteiger partial charge < -0.3 is 4.74 Å². The molecule has 0 unspecified atom stereocenters. The summed E-state index contributed by atoms with van der Waals surface area (Å²) in [5, 5.41) is 0.737. The highest BCUT2D eigenvalue weighted by Gasteiger charge is 2.07. The maximum Gasteiger partial charge on any atom is 0.223 e. The summed E-state index contributed by atoms with van der Waals surface area (Å²) < 4.78 is 5.87. The van der Waals surface area contributed by atoms with Crippen molar-refractivity contribution in [2.24, 2.45) is 0 Å². The Kier molecular flexibility index (Phi) is 3.79. The summed E-state index contributed by atoms with van der Waals surface area (Å²) in [6.07, 6.45) is 1.74. The van der Waals surface area contributed by atoms with Crippen molar-refractivity contribution in [1.29, 1.82) is 0 Å². The third-order valence-corrected chi connectivity index (χ3v) is 3.36. The summed E-state index contributed by atoms with van der Waals surface area (Å²) >= 11 is 3.43. The number of aryl methyl sites for hydroxylation is 1. The van der Waals surface area contributed by atoms with Crippen molar-refractivity contribution in [1.82, 2.24) is 4.98 Å². The van der Waals surface area contributed by atoms with Gasteiger partial charge in [-0.05, 0) is 37.1 Å². The maximum atomic E-state index is 5.87. The van der Waals surface area contributed by atoms with Crippen molar-refractivity contribution in [2.75, 3.05) is 0 Å². The minimum atomic E-state index is 0.665. The standard InChI is InChI=1S/C14H14BrNO/c1-10-5-3-7-13(11(10)2)17-14-12(9-15)6-4-8-16-14/h3-8H,9H2,1-2H3. The van der Waals surface area contributed by atoms with Gasteiger partial charge in [-0.2, -0.15) is 0 Å². The van der Waals surface area contributed by atoms with Crippen LogP contribution in [-0.4, -0.2) is 4.98 Å². The van der Waals surface area contributed by atoms with E-state index in [0.29, 0.717) is 5.88 Å². The Labute approximate surface area is 110 Å². The Hall–Kier alpha value is -1.35. The largest absolute Gasteiger partial charge is 0.438 e. The Morgan fingerprint density at radius 2 is 2.00 bits per heavy atom. The Bertz CT molecular complexity index is 525. The molecule has 0 spiro atoms.